The lowest BCUT2D eigenvalue weighted by Gasteiger charge is -2.50. The van der Waals surface area contributed by atoms with E-state index in [-0.39, 0.29) is 23.0 Å². The van der Waals surface area contributed by atoms with Crippen LogP contribution >= 0.6 is 0 Å². The zero-order chi connectivity index (χ0) is 22.3. The minimum Gasteiger partial charge on any atom is -0.370 e. The summed E-state index contributed by atoms with van der Waals surface area (Å²) in [6, 6.07) is 0. The van der Waals surface area contributed by atoms with Gasteiger partial charge in [-0.2, -0.15) is 5.11 Å². The summed E-state index contributed by atoms with van der Waals surface area (Å²) in [6.07, 6.45) is 3.52. The average molecular weight is 443 g/mol. The highest BCUT2D eigenvalue weighted by Gasteiger charge is 2.63. The summed E-state index contributed by atoms with van der Waals surface area (Å²) < 4.78 is 19.9. The Balaban J connectivity index is 1.24. The molecule has 172 valence electrons. The van der Waals surface area contributed by atoms with Crippen molar-refractivity contribution in [2.45, 2.75) is 70.6 Å². The Morgan fingerprint density at radius 2 is 1.94 bits per heavy atom. The predicted octanol–water partition coefficient (Wildman–Crippen LogP) is 3.43. The number of carbonyl (C=O) groups excluding carboxylic acids is 2. The van der Waals surface area contributed by atoms with Crippen LogP contribution in [0.15, 0.2) is 32.9 Å². The van der Waals surface area contributed by atoms with Crippen molar-refractivity contribution in [3.63, 3.8) is 0 Å². The van der Waals surface area contributed by atoms with E-state index in [1.807, 2.05) is 4.90 Å². The number of amides is 1. The number of rotatable bonds is 1. The summed E-state index contributed by atoms with van der Waals surface area (Å²) >= 11 is 0. The van der Waals surface area contributed by atoms with Crippen LogP contribution in [0.1, 0.15) is 58.8 Å². The quantitative estimate of drug-likeness (QED) is 0.675. The van der Waals surface area contributed by atoms with E-state index in [4.69, 9.17) is 4.74 Å². The molecule has 1 amide bonds. The van der Waals surface area contributed by atoms with Gasteiger partial charge in [-0.3, -0.25) is 9.59 Å². The number of likely N-dealkylation sites (tertiary alicyclic amines) is 1. The monoisotopic (exact) mass is 442 g/mol. The summed E-state index contributed by atoms with van der Waals surface area (Å²) in [5.74, 6) is 1.05. The number of carbonyl (C=O) groups is 2. The van der Waals surface area contributed by atoms with E-state index < -0.39 is 17.2 Å². The molecule has 8 heteroatoms. The first-order valence-corrected chi connectivity index (χ1v) is 11.9. The van der Waals surface area contributed by atoms with Gasteiger partial charge in [0, 0.05) is 29.2 Å². The van der Waals surface area contributed by atoms with Crippen molar-refractivity contribution in [3.8, 4) is 0 Å². The number of hydrogen-bond acceptors (Lipinski definition) is 6. The molecule has 32 heavy (non-hydrogen) atoms. The molecule has 0 aromatic carbocycles. The summed E-state index contributed by atoms with van der Waals surface area (Å²) in [4.78, 5) is 28.2. The number of Topliss-reactive ketones (excluding diaryl/α,β-unsaturated/α-hetero) is 1. The summed E-state index contributed by atoms with van der Waals surface area (Å²) in [5.41, 5.74) is 1.90. The van der Waals surface area contributed by atoms with Crippen molar-refractivity contribution >= 4 is 11.7 Å². The molecule has 1 N–H and O–H groups in total. The van der Waals surface area contributed by atoms with Crippen LogP contribution in [0.3, 0.4) is 0 Å². The maximum absolute atomic E-state index is 13.5. The molecule has 1 atom stereocenters. The van der Waals surface area contributed by atoms with Crippen molar-refractivity contribution in [3.05, 3.63) is 22.7 Å². The molecule has 6 aliphatic rings. The van der Waals surface area contributed by atoms with Gasteiger partial charge in [0.15, 0.2) is 11.6 Å². The number of fused-ring (bicyclic) bond motifs is 2. The summed E-state index contributed by atoms with van der Waals surface area (Å²) in [5, 5.41) is 12.0. The molecule has 6 rings (SSSR count). The molecule has 7 nitrogen and oxygen atoms in total. The van der Waals surface area contributed by atoms with E-state index in [1.54, 1.807) is 0 Å². The molecular weight excluding hydrogens is 411 g/mol. The van der Waals surface area contributed by atoms with Crippen LogP contribution in [0.2, 0.25) is 0 Å². The lowest BCUT2D eigenvalue weighted by Crippen LogP contribution is -2.64. The Hall–Kier alpha value is -2.09. The van der Waals surface area contributed by atoms with Crippen molar-refractivity contribution in [2.24, 2.45) is 27.0 Å². The Morgan fingerprint density at radius 1 is 1.19 bits per heavy atom. The minimum atomic E-state index is -0.759. The summed E-state index contributed by atoms with van der Waals surface area (Å²) in [7, 11) is 0. The second kappa shape index (κ2) is 6.72. The third-order valence-corrected chi connectivity index (χ3v) is 8.41. The molecule has 2 aliphatic carbocycles. The fourth-order valence-electron chi connectivity index (χ4n) is 6.92. The lowest BCUT2D eigenvalue weighted by atomic mass is 9.61. The van der Waals surface area contributed by atoms with Gasteiger partial charge >= 0.3 is 0 Å². The van der Waals surface area contributed by atoms with E-state index in [2.05, 4.69) is 29.4 Å². The van der Waals surface area contributed by atoms with E-state index >= 15 is 0 Å². The first-order valence-electron chi connectivity index (χ1n) is 11.9. The fraction of sp³-hybridized carbons (Fsp3) is 0.750. The molecule has 3 fully saturated rings. The standard InChI is InChI=1S/C24H31FN4O3/c1-22(2)7-17-19(18(30)8-22)24(16-9-26-28-20(16)27-17)10-23(32-13-24)11-29(12-23)21(31)14-3-5-15(25)6-4-14/h14-15,27H,3-13H2,1-2H3. The number of hydrogen-bond donors (Lipinski definition) is 1. The Labute approximate surface area is 187 Å². The van der Waals surface area contributed by atoms with Gasteiger partial charge in [0.2, 0.25) is 5.91 Å². The largest absolute Gasteiger partial charge is 0.370 e. The number of ether oxygens (including phenoxy) is 1. The number of ketones is 1. The highest BCUT2D eigenvalue weighted by Crippen LogP contribution is 2.58. The number of azo groups is 1. The number of allylic oxidation sites excluding steroid dienone is 1. The molecular formula is C24H31FN4O3. The molecule has 1 saturated carbocycles. The Bertz CT molecular complexity index is 985. The Morgan fingerprint density at radius 3 is 2.69 bits per heavy atom. The van der Waals surface area contributed by atoms with Crippen molar-refractivity contribution in [1.82, 2.24) is 10.2 Å². The molecule has 1 unspecified atom stereocenters. The first-order chi connectivity index (χ1) is 15.2. The minimum absolute atomic E-state index is 0.0631. The van der Waals surface area contributed by atoms with Gasteiger partial charge in [0.1, 0.15) is 11.8 Å². The first kappa shape index (κ1) is 20.5. The highest BCUT2D eigenvalue weighted by atomic mass is 19.1. The van der Waals surface area contributed by atoms with Gasteiger partial charge in [-0.25, -0.2) is 4.39 Å². The van der Waals surface area contributed by atoms with Crippen LogP contribution in [0, 0.1) is 16.7 Å². The summed E-state index contributed by atoms with van der Waals surface area (Å²) in [6.45, 7) is 6.29. The third kappa shape index (κ3) is 2.94. The van der Waals surface area contributed by atoms with Gasteiger partial charge in [0.05, 0.1) is 31.7 Å². The normalized spacial score (nSPS) is 37.0. The zero-order valence-corrected chi connectivity index (χ0v) is 18.9. The molecule has 2 saturated heterocycles. The molecule has 0 aromatic heterocycles. The fourth-order valence-corrected chi connectivity index (χ4v) is 6.92. The highest BCUT2D eigenvalue weighted by molar-refractivity contribution is 6.00. The van der Waals surface area contributed by atoms with Crippen LogP contribution in [0.5, 0.6) is 0 Å². The van der Waals surface area contributed by atoms with Gasteiger partial charge < -0.3 is 15.0 Å². The van der Waals surface area contributed by atoms with E-state index in [1.165, 1.54) is 0 Å². The average Bonchev–Trinajstić information content (AvgIpc) is 3.32. The van der Waals surface area contributed by atoms with Crippen molar-refractivity contribution in [1.29, 1.82) is 0 Å². The van der Waals surface area contributed by atoms with Crippen LogP contribution in [-0.2, 0) is 14.3 Å². The maximum atomic E-state index is 13.5. The third-order valence-electron chi connectivity index (χ3n) is 8.41. The van der Waals surface area contributed by atoms with Gasteiger partial charge in [-0.1, -0.05) is 13.8 Å². The van der Waals surface area contributed by atoms with Crippen LogP contribution < -0.4 is 5.32 Å². The molecule has 4 aliphatic heterocycles. The van der Waals surface area contributed by atoms with Crippen LogP contribution in [0.25, 0.3) is 0 Å². The van der Waals surface area contributed by atoms with E-state index in [0.29, 0.717) is 64.8 Å². The molecule has 4 heterocycles. The predicted molar refractivity (Wildman–Crippen MR) is 114 cm³/mol. The smallest absolute Gasteiger partial charge is 0.225 e. The van der Waals surface area contributed by atoms with Gasteiger partial charge in [-0.15, -0.1) is 5.11 Å². The van der Waals surface area contributed by atoms with Gasteiger partial charge in [-0.05, 0) is 43.9 Å². The topological polar surface area (TPSA) is 83.4 Å². The SMILES string of the molecule is CC1(C)CC(=O)C2=C(C1)NC1=C(CN=N1)C21COC2(CN(C(=O)C3CCC(F)CC3)C2)C1. The van der Waals surface area contributed by atoms with E-state index in [0.717, 1.165) is 29.1 Å². The number of nitrogens with one attached hydrogen (secondary N) is 1. The number of halogens is 1. The molecule has 0 aromatic rings. The van der Waals surface area contributed by atoms with Crippen LogP contribution in [-0.4, -0.2) is 54.6 Å². The van der Waals surface area contributed by atoms with E-state index in [9.17, 15) is 14.0 Å². The second-order valence-electron chi connectivity index (χ2n) is 11.5. The van der Waals surface area contributed by atoms with Crippen LogP contribution in [0.4, 0.5) is 4.39 Å². The molecule has 0 bridgehead atoms. The second-order valence-corrected chi connectivity index (χ2v) is 11.5. The zero-order valence-electron chi connectivity index (χ0n) is 18.9. The number of nitrogens with zero attached hydrogens (tertiary/aromatic N) is 3. The van der Waals surface area contributed by atoms with Crippen molar-refractivity contribution < 1.29 is 18.7 Å². The lowest BCUT2D eigenvalue weighted by molar-refractivity contribution is -0.163. The number of alkyl halides is 1. The number of dihydropyridines is 1. The van der Waals surface area contributed by atoms with Gasteiger partial charge in [0.25, 0.3) is 0 Å². The molecule has 2 spiro atoms. The maximum Gasteiger partial charge on any atom is 0.225 e. The van der Waals surface area contributed by atoms with Crippen molar-refractivity contribution in [2.75, 3.05) is 26.2 Å². The molecule has 0 radical (unpaired) electrons. The Kier molecular flexibility index (Phi) is 4.30.